The number of hydrogen-bond acceptors (Lipinski definition) is 6. The average Bonchev–Trinajstić information content (AvgIpc) is 3.08. The first-order chi connectivity index (χ1) is 24.0. The van der Waals surface area contributed by atoms with Crippen LogP contribution in [0.5, 0.6) is 0 Å². The maximum Gasteiger partial charge on any atom is 0.0566 e. The van der Waals surface area contributed by atoms with Crippen LogP contribution in [0.15, 0.2) is 0 Å². The fourth-order valence-electron chi connectivity index (χ4n) is 6.54. The largest absolute Gasteiger partial charge is 0.381 e. The SMILES string of the molecule is CCCCCCCCCCCCCCOCC(CCCCCCCCOCCCCCCC)(COCCCN(C)C)COCCCN(C)C. The summed E-state index contributed by atoms with van der Waals surface area (Å²) in [6, 6.07) is 0. The summed E-state index contributed by atoms with van der Waals surface area (Å²) < 4.78 is 25.1. The summed E-state index contributed by atoms with van der Waals surface area (Å²) in [6.45, 7) is 13.3. The standard InChI is InChI=1S/C43H90N2O4/c1-7-9-11-13-14-15-16-17-18-20-25-29-37-47-40-43(41-48-38-30-33-44(3)4,42-49-39-31-34-45(5)6)32-26-22-19-21-24-28-36-46-35-27-23-12-10-8-2/h7-42H2,1-6H3. The van der Waals surface area contributed by atoms with Crippen molar-refractivity contribution >= 4 is 0 Å². The van der Waals surface area contributed by atoms with E-state index in [2.05, 4.69) is 51.8 Å². The van der Waals surface area contributed by atoms with E-state index in [-0.39, 0.29) is 5.41 Å². The van der Waals surface area contributed by atoms with Gasteiger partial charge in [0.05, 0.1) is 19.8 Å². The molecule has 0 aromatic rings. The first kappa shape index (κ1) is 48.8. The maximum absolute atomic E-state index is 6.46. The van der Waals surface area contributed by atoms with Crippen molar-refractivity contribution in [1.82, 2.24) is 9.80 Å². The van der Waals surface area contributed by atoms with E-state index in [1.807, 2.05) is 0 Å². The maximum atomic E-state index is 6.46. The smallest absolute Gasteiger partial charge is 0.0566 e. The molecule has 0 N–H and O–H groups in total. The average molecular weight is 699 g/mol. The van der Waals surface area contributed by atoms with Crippen molar-refractivity contribution in [3.05, 3.63) is 0 Å². The van der Waals surface area contributed by atoms with E-state index < -0.39 is 0 Å². The third-order valence-electron chi connectivity index (χ3n) is 9.79. The minimum absolute atomic E-state index is 0.0572. The molecule has 0 bridgehead atoms. The Bertz CT molecular complexity index is 567. The normalized spacial score (nSPS) is 12.2. The van der Waals surface area contributed by atoms with Crippen molar-refractivity contribution in [1.29, 1.82) is 0 Å². The minimum Gasteiger partial charge on any atom is -0.381 e. The van der Waals surface area contributed by atoms with Crippen molar-refractivity contribution < 1.29 is 18.9 Å². The van der Waals surface area contributed by atoms with Crippen molar-refractivity contribution in [2.75, 3.05) is 94.1 Å². The number of nitrogens with zero attached hydrogens (tertiary/aromatic N) is 2. The Labute approximate surface area is 308 Å². The van der Waals surface area contributed by atoms with Crippen LogP contribution in [0.1, 0.15) is 181 Å². The lowest BCUT2D eigenvalue weighted by atomic mass is 9.84. The summed E-state index contributed by atoms with van der Waals surface area (Å²) in [7, 11) is 8.55. The highest BCUT2D eigenvalue weighted by atomic mass is 16.5. The Morgan fingerprint density at radius 2 is 0.612 bits per heavy atom. The van der Waals surface area contributed by atoms with Crippen LogP contribution in [0.2, 0.25) is 0 Å². The van der Waals surface area contributed by atoms with Crippen LogP contribution in [0, 0.1) is 5.41 Å². The van der Waals surface area contributed by atoms with Crippen LogP contribution in [-0.2, 0) is 18.9 Å². The van der Waals surface area contributed by atoms with Gasteiger partial charge in [0.25, 0.3) is 0 Å². The fourth-order valence-corrected chi connectivity index (χ4v) is 6.54. The van der Waals surface area contributed by atoms with Crippen LogP contribution in [0.25, 0.3) is 0 Å². The number of rotatable bonds is 42. The third-order valence-corrected chi connectivity index (χ3v) is 9.79. The molecule has 0 aromatic heterocycles. The summed E-state index contributed by atoms with van der Waals surface area (Å²) in [5.41, 5.74) is -0.0572. The molecule has 296 valence electrons. The van der Waals surface area contributed by atoms with Gasteiger partial charge < -0.3 is 28.7 Å². The molecular formula is C43H90N2O4. The molecule has 0 rings (SSSR count). The molecule has 0 aliphatic rings. The molecule has 0 aliphatic carbocycles. The predicted octanol–water partition coefficient (Wildman–Crippen LogP) is 11.3. The van der Waals surface area contributed by atoms with E-state index in [4.69, 9.17) is 18.9 Å². The molecule has 0 amide bonds. The van der Waals surface area contributed by atoms with E-state index in [1.54, 1.807) is 0 Å². The molecule has 49 heavy (non-hydrogen) atoms. The number of unbranched alkanes of at least 4 members (excludes halogenated alkanes) is 20. The van der Waals surface area contributed by atoms with Gasteiger partial charge in [0.15, 0.2) is 0 Å². The molecular weight excluding hydrogens is 608 g/mol. The zero-order valence-electron chi connectivity index (χ0n) is 34.5. The Kier molecular flexibility index (Phi) is 38.8. The predicted molar refractivity (Wildman–Crippen MR) is 214 cm³/mol. The summed E-state index contributed by atoms with van der Waals surface area (Å²) in [5, 5.41) is 0. The second-order valence-corrected chi connectivity index (χ2v) is 15.8. The Morgan fingerprint density at radius 3 is 0.959 bits per heavy atom. The highest BCUT2D eigenvalue weighted by molar-refractivity contribution is 4.80. The van der Waals surface area contributed by atoms with Gasteiger partial charge in [-0.25, -0.2) is 0 Å². The molecule has 0 unspecified atom stereocenters. The molecule has 0 aromatic carbocycles. The van der Waals surface area contributed by atoms with E-state index in [1.165, 1.54) is 148 Å². The van der Waals surface area contributed by atoms with Crippen molar-refractivity contribution in [2.24, 2.45) is 5.41 Å². The van der Waals surface area contributed by atoms with Crippen LogP contribution >= 0.6 is 0 Å². The van der Waals surface area contributed by atoms with Gasteiger partial charge in [0.2, 0.25) is 0 Å². The first-order valence-electron chi connectivity index (χ1n) is 21.6. The summed E-state index contributed by atoms with van der Waals surface area (Å²) in [4.78, 5) is 4.48. The summed E-state index contributed by atoms with van der Waals surface area (Å²) >= 11 is 0. The third kappa shape index (κ3) is 37.3. The highest BCUT2D eigenvalue weighted by Gasteiger charge is 2.31. The molecule has 0 atom stereocenters. The Balaban J connectivity index is 4.60. The fraction of sp³-hybridized carbons (Fsp3) is 1.00. The van der Waals surface area contributed by atoms with Crippen molar-refractivity contribution in [3.8, 4) is 0 Å². The van der Waals surface area contributed by atoms with Gasteiger partial charge in [0, 0.05) is 38.4 Å². The van der Waals surface area contributed by atoms with E-state index in [0.29, 0.717) is 0 Å². The van der Waals surface area contributed by atoms with Crippen LogP contribution in [0.3, 0.4) is 0 Å². The highest BCUT2D eigenvalue weighted by Crippen LogP contribution is 2.28. The first-order valence-corrected chi connectivity index (χ1v) is 21.6. The van der Waals surface area contributed by atoms with Crippen LogP contribution in [0.4, 0.5) is 0 Å². The van der Waals surface area contributed by atoms with Gasteiger partial charge in [-0.15, -0.1) is 0 Å². The quantitative estimate of drug-likeness (QED) is 0.0591. The van der Waals surface area contributed by atoms with Gasteiger partial charge in [-0.2, -0.15) is 0 Å². The monoisotopic (exact) mass is 699 g/mol. The number of ether oxygens (including phenoxy) is 4. The molecule has 0 saturated carbocycles. The lowest BCUT2D eigenvalue weighted by Crippen LogP contribution is -2.38. The van der Waals surface area contributed by atoms with E-state index >= 15 is 0 Å². The number of hydrogen-bond donors (Lipinski definition) is 0. The van der Waals surface area contributed by atoms with Gasteiger partial charge in [-0.1, -0.05) is 142 Å². The Hall–Kier alpha value is -0.240. The molecule has 0 radical (unpaired) electrons. The molecule has 0 spiro atoms. The van der Waals surface area contributed by atoms with Crippen molar-refractivity contribution in [3.63, 3.8) is 0 Å². The van der Waals surface area contributed by atoms with E-state index in [0.717, 1.165) is 85.2 Å². The lowest BCUT2D eigenvalue weighted by Gasteiger charge is -2.33. The molecule has 0 aliphatic heterocycles. The second-order valence-electron chi connectivity index (χ2n) is 15.8. The van der Waals surface area contributed by atoms with Gasteiger partial charge >= 0.3 is 0 Å². The van der Waals surface area contributed by atoms with Gasteiger partial charge in [-0.05, 0) is 79.8 Å². The van der Waals surface area contributed by atoms with E-state index in [9.17, 15) is 0 Å². The van der Waals surface area contributed by atoms with Gasteiger partial charge in [-0.3, -0.25) is 0 Å². The zero-order valence-corrected chi connectivity index (χ0v) is 34.5. The van der Waals surface area contributed by atoms with Crippen LogP contribution < -0.4 is 0 Å². The topological polar surface area (TPSA) is 43.4 Å². The minimum atomic E-state index is -0.0572. The molecule has 6 nitrogen and oxygen atoms in total. The molecule has 6 heteroatoms. The van der Waals surface area contributed by atoms with Gasteiger partial charge in [0.1, 0.15) is 0 Å². The molecule has 0 heterocycles. The van der Waals surface area contributed by atoms with Crippen LogP contribution in [-0.4, -0.2) is 104 Å². The lowest BCUT2D eigenvalue weighted by molar-refractivity contribution is -0.0763. The molecule has 0 saturated heterocycles. The van der Waals surface area contributed by atoms with Crippen molar-refractivity contribution in [2.45, 2.75) is 181 Å². The summed E-state index contributed by atoms with van der Waals surface area (Å²) in [6.07, 6.45) is 33.9. The summed E-state index contributed by atoms with van der Waals surface area (Å²) in [5.74, 6) is 0. The zero-order chi connectivity index (χ0) is 35.9. The Morgan fingerprint density at radius 1 is 0.327 bits per heavy atom. The molecule has 0 fully saturated rings. The second kappa shape index (κ2) is 39.0.